The van der Waals surface area contributed by atoms with Crippen LogP contribution in [0.25, 0.3) is 0 Å². The van der Waals surface area contributed by atoms with Gasteiger partial charge in [-0.2, -0.15) is 0 Å². The van der Waals surface area contributed by atoms with Crippen LogP contribution in [-0.2, 0) is 20.7 Å². The van der Waals surface area contributed by atoms with E-state index in [4.69, 9.17) is 4.74 Å². The summed E-state index contributed by atoms with van der Waals surface area (Å²) in [6, 6.07) is 7.95. The summed E-state index contributed by atoms with van der Waals surface area (Å²) in [4.78, 5) is 22.5. The van der Waals surface area contributed by atoms with Gasteiger partial charge in [0, 0.05) is 18.2 Å². The molecule has 0 aliphatic rings. The second kappa shape index (κ2) is 7.12. The number of hydrogen-bond donors (Lipinski definition) is 0. The topological polar surface area (TPSA) is 43.4 Å². The highest BCUT2D eigenvalue weighted by molar-refractivity contribution is 8.00. The monoisotopic (exact) mass is 252 g/mol. The van der Waals surface area contributed by atoms with Crippen LogP contribution in [0.3, 0.4) is 0 Å². The predicted molar refractivity (Wildman–Crippen MR) is 68.2 cm³/mol. The number of carbonyl (C=O) groups excluding carboxylic acids is 2. The fourth-order valence-corrected chi connectivity index (χ4v) is 1.95. The summed E-state index contributed by atoms with van der Waals surface area (Å²) < 4.78 is 4.87. The van der Waals surface area contributed by atoms with Crippen LogP contribution in [-0.4, -0.2) is 24.1 Å². The Morgan fingerprint density at radius 1 is 1.18 bits per heavy atom. The van der Waals surface area contributed by atoms with Crippen LogP contribution < -0.4 is 0 Å². The van der Waals surface area contributed by atoms with Crippen molar-refractivity contribution in [1.29, 1.82) is 0 Å². The second-order valence-electron chi connectivity index (χ2n) is 3.72. The molecule has 0 aliphatic heterocycles. The number of rotatable bonds is 6. The average Bonchev–Trinajstić information content (AvgIpc) is 2.27. The van der Waals surface area contributed by atoms with Crippen LogP contribution in [0.2, 0.25) is 0 Å². The Bertz CT molecular complexity index is 384. The number of hydrogen-bond acceptors (Lipinski definition) is 4. The van der Waals surface area contributed by atoms with Crippen molar-refractivity contribution in [2.45, 2.75) is 25.2 Å². The zero-order chi connectivity index (χ0) is 12.7. The number of carbonyl (C=O) groups is 2. The van der Waals surface area contributed by atoms with E-state index in [1.165, 1.54) is 18.7 Å². The smallest absolute Gasteiger partial charge is 0.302 e. The Morgan fingerprint density at radius 2 is 1.82 bits per heavy atom. The highest BCUT2D eigenvalue weighted by atomic mass is 32.2. The van der Waals surface area contributed by atoms with E-state index in [0.29, 0.717) is 12.4 Å². The second-order valence-corrected chi connectivity index (χ2v) is 4.77. The van der Waals surface area contributed by atoms with Crippen molar-refractivity contribution in [3.8, 4) is 0 Å². The lowest BCUT2D eigenvalue weighted by atomic mass is 10.2. The molecule has 0 saturated carbocycles. The molecule has 0 fully saturated rings. The highest BCUT2D eigenvalue weighted by Crippen LogP contribution is 2.18. The maximum Gasteiger partial charge on any atom is 0.302 e. The minimum atomic E-state index is -0.251. The fourth-order valence-electron chi connectivity index (χ4n) is 1.25. The Balaban J connectivity index is 2.39. The first-order valence-electron chi connectivity index (χ1n) is 5.42. The number of benzene rings is 1. The van der Waals surface area contributed by atoms with Gasteiger partial charge in [-0.3, -0.25) is 9.59 Å². The largest absolute Gasteiger partial charge is 0.466 e. The van der Waals surface area contributed by atoms with Crippen molar-refractivity contribution < 1.29 is 14.3 Å². The average molecular weight is 252 g/mol. The molecule has 1 aromatic carbocycles. The van der Waals surface area contributed by atoms with Crippen molar-refractivity contribution in [3.63, 3.8) is 0 Å². The lowest BCUT2D eigenvalue weighted by molar-refractivity contribution is -0.140. The Hall–Kier alpha value is -1.29. The fraction of sp³-hybridized carbons (Fsp3) is 0.385. The van der Waals surface area contributed by atoms with Gasteiger partial charge in [-0.1, -0.05) is 12.1 Å². The molecule has 0 spiro atoms. The molecule has 0 saturated heterocycles. The van der Waals surface area contributed by atoms with Crippen molar-refractivity contribution >= 4 is 23.5 Å². The van der Waals surface area contributed by atoms with Crippen LogP contribution >= 0.6 is 11.8 Å². The molecule has 4 heteroatoms. The van der Waals surface area contributed by atoms with Crippen LogP contribution in [0.1, 0.15) is 19.4 Å². The summed E-state index contributed by atoms with van der Waals surface area (Å²) >= 11 is 1.53. The molecule has 0 N–H and O–H groups in total. The zero-order valence-corrected chi connectivity index (χ0v) is 10.9. The first-order valence-corrected chi connectivity index (χ1v) is 6.41. The Labute approximate surface area is 106 Å². The van der Waals surface area contributed by atoms with Crippen LogP contribution in [0.5, 0.6) is 0 Å². The van der Waals surface area contributed by atoms with Gasteiger partial charge in [0.05, 0.1) is 12.4 Å². The van der Waals surface area contributed by atoms with Crippen molar-refractivity contribution in [1.82, 2.24) is 0 Å². The van der Waals surface area contributed by atoms with E-state index in [-0.39, 0.29) is 11.8 Å². The summed E-state index contributed by atoms with van der Waals surface area (Å²) in [5.41, 5.74) is 1.12. The number of ether oxygens (including phenoxy) is 1. The molecule has 0 aromatic heterocycles. The number of esters is 1. The molecule has 3 nitrogen and oxygen atoms in total. The Morgan fingerprint density at radius 3 is 2.35 bits per heavy atom. The summed E-state index contributed by atoms with van der Waals surface area (Å²) in [7, 11) is 0. The molecule has 0 bridgehead atoms. The zero-order valence-electron chi connectivity index (χ0n) is 10.1. The van der Waals surface area contributed by atoms with Gasteiger partial charge >= 0.3 is 5.97 Å². The minimum absolute atomic E-state index is 0.175. The molecule has 17 heavy (non-hydrogen) atoms. The minimum Gasteiger partial charge on any atom is -0.466 e. The van der Waals surface area contributed by atoms with Crippen LogP contribution in [0.4, 0.5) is 0 Å². The van der Waals surface area contributed by atoms with E-state index in [9.17, 15) is 9.59 Å². The molecule has 0 radical (unpaired) electrons. The van der Waals surface area contributed by atoms with Gasteiger partial charge in [0.15, 0.2) is 0 Å². The van der Waals surface area contributed by atoms with Gasteiger partial charge in [-0.15, -0.1) is 11.8 Å². The van der Waals surface area contributed by atoms with Crippen LogP contribution in [0, 0.1) is 0 Å². The lowest BCUT2D eigenvalue weighted by Gasteiger charge is -2.04. The maximum atomic E-state index is 10.8. The standard InChI is InChI=1S/C13H16O3S/c1-10(14)9-17-13-5-3-12(4-6-13)7-8-16-11(2)15/h3-6H,7-9H2,1-2H3. The highest BCUT2D eigenvalue weighted by Gasteiger charge is 1.99. The lowest BCUT2D eigenvalue weighted by Crippen LogP contribution is -2.03. The summed E-state index contributed by atoms with van der Waals surface area (Å²) in [5.74, 6) is 0.430. The Kier molecular flexibility index (Phi) is 5.77. The third-order valence-corrected chi connectivity index (χ3v) is 3.22. The maximum absolute atomic E-state index is 10.8. The molecule has 0 heterocycles. The number of ketones is 1. The van der Waals surface area contributed by atoms with Gasteiger partial charge in [0.2, 0.25) is 0 Å². The van der Waals surface area contributed by atoms with Crippen molar-refractivity contribution in [3.05, 3.63) is 29.8 Å². The SMILES string of the molecule is CC(=O)CSc1ccc(CCOC(C)=O)cc1. The summed E-state index contributed by atoms with van der Waals surface area (Å²) in [6.45, 7) is 3.40. The van der Waals surface area contributed by atoms with E-state index >= 15 is 0 Å². The molecule has 0 amide bonds. The summed E-state index contributed by atoms with van der Waals surface area (Å²) in [5, 5.41) is 0. The van der Waals surface area contributed by atoms with Crippen molar-refractivity contribution in [2.24, 2.45) is 0 Å². The predicted octanol–water partition coefficient (Wildman–Crippen LogP) is 2.47. The quantitative estimate of drug-likeness (QED) is 0.576. The summed E-state index contributed by atoms with van der Waals surface area (Å²) in [6.07, 6.45) is 0.719. The van der Waals surface area contributed by atoms with E-state index < -0.39 is 0 Å². The number of thioether (sulfide) groups is 1. The first-order chi connectivity index (χ1) is 8.08. The molecule has 0 unspecified atom stereocenters. The van der Waals surface area contributed by atoms with E-state index in [2.05, 4.69) is 0 Å². The molecule has 0 aliphatic carbocycles. The van der Waals surface area contributed by atoms with Crippen molar-refractivity contribution in [2.75, 3.05) is 12.4 Å². The molecule has 1 aromatic rings. The van der Waals surface area contributed by atoms with E-state index in [0.717, 1.165) is 16.9 Å². The molecule has 92 valence electrons. The van der Waals surface area contributed by atoms with E-state index in [1.807, 2.05) is 24.3 Å². The third kappa shape index (κ3) is 6.12. The van der Waals surface area contributed by atoms with Gasteiger partial charge < -0.3 is 4.74 Å². The van der Waals surface area contributed by atoms with Gasteiger partial charge in [0.1, 0.15) is 5.78 Å². The molecular formula is C13H16O3S. The van der Waals surface area contributed by atoms with Gasteiger partial charge in [0.25, 0.3) is 0 Å². The molecule has 1 rings (SSSR count). The first kappa shape index (κ1) is 13.8. The van der Waals surface area contributed by atoms with E-state index in [1.54, 1.807) is 6.92 Å². The molecule has 0 atom stereocenters. The van der Waals surface area contributed by atoms with Gasteiger partial charge in [-0.25, -0.2) is 0 Å². The normalized spacial score (nSPS) is 10.0. The van der Waals surface area contributed by atoms with Crippen LogP contribution in [0.15, 0.2) is 29.2 Å². The number of Topliss-reactive ketones (excluding diaryl/α,β-unsaturated/α-hetero) is 1. The molecular weight excluding hydrogens is 236 g/mol. The third-order valence-electron chi connectivity index (χ3n) is 2.06. The van der Waals surface area contributed by atoms with Gasteiger partial charge in [-0.05, 0) is 24.6 Å².